The van der Waals surface area contributed by atoms with Crippen molar-refractivity contribution in [2.45, 2.75) is 13.3 Å². The molecule has 0 saturated heterocycles. The molecule has 0 saturated carbocycles. The Balaban J connectivity index is 3.39. The van der Waals surface area contributed by atoms with E-state index < -0.39 is 6.09 Å². The highest BCUT2D eigenvalue weighted by atomic mass is 32.1. The maximum Gasteiger partial charge on any atom is 0.442 e. The van der Waals surface area contributed by atoms with E-state index in [9.17, 15) is 4.79 Å². The third kappa shape index (κ3) is 5.14. The summed E-state index contributed by atoms with van der Waals surface area (Å²) in [5.74, 6) is 0. The maximum atomic E-state index is 10.3. The number of ether oxygens (including phenoxy) is 1. The van der Waals surface area contributed by atoms with Gasteiger partial charge in [-0.15, -0.1) is 4.99 Å². The van der Waals surface area contributed by atoms with Gasteiger partial charge in [-0.05, 0) is 18.6 Å². The van der Waals surface area contributed by atoms with Gasteiger partial charge >= 0.3 is 6.09 Å². The average molecular weight is 145 g/mol. The van der Waals surface area contributed by atoms with E-state index in [1.165, 1.54) is 0 Å². The molecule has 0 heterocycles. The fourth-order valence-corrected chi connectivity index (χ4v) is 0.333. The van der Waals surface area contributed by atoms with Crippen LogP contribution < -0.4 is 0 Å². The molecule has 3 nitrogen and oxygen atoms in total. The van der Waals surface area contributed by atoms with Gasteiger partial charge in [0.25, 0.3) is 0 Å². The summed E-state index contributed by atoms with van der Waals surface area (Å²) in [5.41, 5.74) is 0. The van der Waals surface area contributed by atoms with Crippen molar-refractivity contribution in [2.24, 2.45) is 4.99 Å². The molecule has 0 fully saturated rings. The lowest BCUT2D eigenvalue weighted by Crippen LogP contribution is -1.98. The van der Waals surface area contributed by atoms with Crippen molar-refractivity contribution in [1.82, 2.24) is 0 Å². The van der Waals surface area contributed by atoms with Crippen molar-refractivity contribution < 1.29 is 9.53 Å². The molecule has 0 N–H and O–H groups in total. The lowest BCUT2D eigenvalue weighted by molar-refractivity contribution is 0.157. The van der Waals surface area contributed by atoms with Crippen LogP contribution in [0.5, 0.6) is 0 Å². The summed E-state index contributed by atoms with van der Waals surface area (Å²) in [6, 6.07) is 0. The molecule has 0 aromatic heterocycles. The number of hydrogen-bond donors (Lipinski definition) is 0. The highest BCUT2D eigenvalue weighted by Crippen LogP contribution is 1.83. The SMILES string of the molecule is CCCOC(=O)N=C=S. The number of carbonyl (C=O) groups is 1. The van der Waals surface area contributed by atoms with Crippen LogP contribution in [0.1, 0.15) is 13.3 Å². The summed E-state index contributed by atoms with van der Waals surface area (Å²) in [7, 11) is 0. The molecule has 0 aromatic carbocycles. The van der Waals surface area contributed by atoms with Gasteiger partial charge in [0, 0.05) is 0 Å². The Morgan fingerprint density at radius 2 is 2.56 bits per heavy atom. The minimum atomic E-state index is -0.660. The number of rotatable bonds is 2. The van der Waals surface area contributed by atoms with E-state index in [0.29, 0.717) is 6.61 Å². The Hall–Kier alpha value is -0.730. The van der Waals surface area contributed by atoms with Crippen LogP contribution >= 0.6 is 12.2 Å². The summed E-state index contributed by atoms with van der Waals surface area (Å²) < 4.78 is 4.50. The monoisotopic (exact) mass is 145 g/mol. The van der Waals surface area contributed by atoms with Crippen molar-refractivity contribution in [3.63, 3.8) is 0 Å². The van der Waals surface area contributed by atoms with Crippen molar-refractivity contribution in [1.29, 1.82) is 0 Å². The van der Waals surface area contributed by atoms with Crippen LogP contribution in [0.4, 0.5) is 4.79 Å². The Labute approximate surface area is 58.7 Å². The molecule has 0 bridgehead atoms. The van der Waals surface area contributed by atoms with E-state index in [-0.39, 0.29) is 0 Å². The largest absolute Gasteiger partial charge is 0.447 e. The molecule has 0 aliphatic rings. The lowest BCUT2D eigenvalue weighted by Gasteiger charge is -1.93. The van der Waals surface area contributed by atoms with Crippen LogP contribution in [0, 0.1) is 0 Å². The van der Waals surface area contributed by atoms with Crippen molar-refractivity contribution in [2.75, 3.05) is 6.61 Å². The van der Waals surface area contributed by atoms with E-state index in [1.54, 1.807) is 0 Å². The maximum absolute atomic E-state index is 10.3. The summed E-state index contributed by atoms with van der Waals surface area (Å²) in [4.78, 5) is 13.3. The predicted octanol–water partition coefficient (Wildman–Crippen LogP) is 1.64. The van der Waals surface area contributed by atoms with Crippen molar-refractivity contribution in [3.8, 4) is 0 Å². The van der Waals surface area contributed by atoms with Gasteiger partial charge in [-0.3, -0.25) is 0 Å². The molecule has 0 spiro atoms. The minimum absolute atomic E-state index is 0.388. The van der Waals surface area contributed by atoms with Gasteiger partial charge in [0.15, 0.2) is 0 Å². The van der Waals surface area contributed by atoms with Gasteiger partial charge in [-0.25, -0.2) is 4.79 Å². The van der Waals surface area contributed by atoms with Crippen LogP contribution in [0.2, 0.25) is 0 Å². The molecule has 0 aliphatic heterocycles. The lowest BCUT2D eigenvalue weighted by atomic mass is 10.5. The summed E-state index contributed by atoms with van der Waals surface area (Å²) in [6.07, 6.45) is 0.130. The third-order valence-corrected chi connectivity index (χ3v) is 0.658. The van der Waals surface area contributed by atoms with Crippen LogP contribution in [0.3, 0.4) is 0 Å². The molecule has 0 rings (SSSR count). The van der Waals surface area contributed by atoms with E-state index >= 15 is 0 Å². The molecule has 0 aliphatic carbocycles. The smallest absolute Gasteiger partial charge is 0.442 e. The first-order valence-corrected chi connectivity index (χ1v) is 2.96. The number of nitrogens with zero attached hydrogens (tertiary/aromatic N) is 1. The predicted molar refractivity (Wildman–Crippen MR) is 36.7 cm³/mol. The molecule has 9 heavy (non-hydrogen) atoms. The fraction of sp³-hybridized carbons (Fsp3) is 0.600. The van der Waals surface area contributed by atoms with E-state index in [0.717, 1.165) is 6.42 Å². The topological polar surface area (TPSA) is 38.7 Å². The second-order valence-electron chi connectivity index (χ2n) is 1.32. The number of carbonyl (C=O) groups excluding carboxylic acids is 1. The number of aliphatic imine (C=N–C) groups is 1. The number of thiocarbonyl (C=S) groups is 1. The summed E-state index contributed by atoms with van der Waals surface area (Å²) >= 11 is 4.16. The highest BCUT2D eigenvalue weighted by Gasteiger charge is 1.93. The molecule has 4 heteroatoms. The molecule has 50 valence electrons. The third-order valence-electron chi connectivity index (χ3n) is 0.567. The van der Waals surface area contributed by atoms with Crippen molar-refractivity contribution >= 4 is 23.5 Å². The Kier molecular flexibility index (Phi) is 4.97. The molecular formula is C5H7NO2S. The highest BCUT2D eigenvalue weighted by molar-refractivity contribution is 7.78. The first-order chi connectivity index (χ1) is 4.31. The zero-order chi connectivity index (χ0) is 7.11. The van der Waals surface area contributed by atoms with E-state index in [4.69, 9.17) is 0 Å². The average Bonchev–Trinajstić information content (AvgIpc) is 1.85. The fourth-order valence-electron chi connectivity index (χ4n) is 0.259. The molecule has 0 radical (unpaired) electrons. The van der Waals surface area contributed by atoms with Gasteiger partial charge in [0.05, 0.1) is 11.8 Å². The Bertz CT molecular complexity index is 140. The zero-order valence-electron chi connectivity index (χ0n) is 5.09. The Morgan fingerprint density at radius 1 is 1.89 bits per heavy atom. The molecule has 0 aromatic rings. The van der Waals surface area contributed by atoms with Gasteiger partial charge in [0.1, 0.15) is 0 Å². The van der Waals surface area contributed by atoms with E-state index in [1.807, 2.05) is 12.1 Å². The molecule has 1 amide bonds. The Morgan fingerprint density at radius 3 is 3.00 bits per heavy atom. The molecule has 0 unspecified atom stereocenters. The second kappa shape index (κ2) is 5.41. The molecular weight excluding hydrogens is 138 g/mol. The normalized spacial score (nSPS) is 7.67. The van der Waals surface area contributed by atoms with Gasteiger partial charge in [-0.2, -0.15) is 0 Å². The first kappa shape index (κ1) is 8.27. The first-order valence-electron chi connectivity index (χ1n) is 2.56. The number of isothiocyanates is 1. The van der Waals surface area contributed by atoms with Crippen molar-refractivity contribution in [3.05, 3.63) is 0 Å². The number of amides is 1. The molecule has 0 atom stereocenters. The standard InChI is InChI=1S/C5H7NO2S/c1-2-3-8-5(7)6-4-9/h2-3H2,1H3. The van der Waals surface area contributed by atoms with Gasteiger partial charge in [0.2, 0.25) is 0 Å². The quantitative estimate of drug-likeness (QED) is 0.438. The van der Waals surface area contributed by atoms with Crippen LogP contribution in [0.25, 0.3) is 0 Å². The van der Waals surface area contributed by atoms with Crippen LogP contribution in [-0.4, -0.2) is 17.9 Å². The number of hydrogen-bond acceptors (Lipinski definition) is 3. The summed E-state index contributed by atoms with van der Waals surface area (Å²) in [5, 5.41) is 1.91. The second-order valence-corrected chi connectivity index (χ2v) is 1.50. The van der Waals surface area contributed by atoms with Crippen LogP contribution in [0.15, 0.2) is 4.99 Å². The van der Waals surface area contributed by atoms with Gasteiger partial charge in [-0.1, -0.05) is 6.92 Å². The van der Waals surface area contributed by atoms with Gasteiger partial charge < -0.3 is 4.74 Å². The van der Waals surface area contributed by atoms with Crippen LogP contribution in [-0.2, 0) is 4.74 Å². The van der Waals surface area contributed by atoms with E-state index in [2.05, 4.69) is 21.9 Å². The summed E-state index contributed by atoms with van der Waals surface area (Å²) in [6.45, 7) is 2.29. The minimum Gasteiger partial charge on any atom is -0.447 e. The zero-order valence-corrected chi connectivity index (χ0v) is 5.90.